The third-order valence-electron chi connectivity index (χ3n) is 3.61. The molecular formula is C17H15BrN2O2S. The highest BCUT2D eigenvalue weighted by molar-refractivity contribution is 9.10. The fourth-order valence-electron chi connectivity index (χ4n) is 2.45. The predicted molar refractivity (Wildman–Crippen MR) is 95.7 cm³/mol. The van der Waals surface area contributed by atoms with Gasteiger partial charge in [0, 0.05) is 32.9 Å². The first-order valence-electron chi connectivity index (χ1n) is 7.20. The maximum absolute atomic E-state index is 11.9. The van der Waals surface area contributed by atoms with Crippen molar-refractivity contribution in [1.29, 1.82) is 0 Å². The van der Waals surface area contributed by atoms with E-state index in [-0.39, 0.29) is 11.7 Å². The Morgan fingerprint density at radius 3 is 2.96 bits per heavy atom. The number of nitrogens with one attached hydrogen (secondary N) is 1. The van der Waals surface area contributed by atoms with E-state index in [0.717, 1.165) is 14.7 Å². The van der Waals surface area contributed by atoms with Crippen molar-refractivity contribution in [2.45, 2.75) is 19.4 Å². The van der Waals surface area contributed by atoms with Gasteiger partial charge in [-0.1, -0.05) is 35.0 Å². The van der Waals surface area contributed by atoms with Crippen LogP contribution >= 0.6 is 27.3 Å². The van der Waals surface area contributed by atoms with Crippen LogP contribution in [-0.2, 0) is 4.79 Å². The van der Waals surface area contributed by atoms with Crippen molar-refractivity contribution in [2.75, 3.05) is 0 Å². The molecule has 118 valence electrons. The van der Waals surface area contributed by atoms with Crippen molar-refractivity contribution >= 4 is 44.1 Å². The second-order valence-corrected chi connectivity index (χ2v) is 6.90. The van der Waals surface area contributed by atoms with Gasteiger partial charge in [-0.15, -0.1) is 11.3 Å². The van der Waals surface area contributed by atoms with Crippen LogP contribution in [0.4, 0.5) is 0 Å². The lowest BCUT2D eigenvalue weighted by Gasteiger charge is -2.20. The molecule has 0 aliphatic rings. The minimum Gasteiger partial charge on any atom is -0.505 e. The lowest BCUT2D eigenvalue weighted by atomic mass is 10.0. The minimum absolute atomic E-state index is 0.0694. The molecule has 0 saturated carbocycles. The van der Waals surface area contributed by atoms with Crippen LogP contribution in [0.2, 0.25) is 0 Å². The summed E-state index contributed by atoms with van der Waals surface area (Å²) in [5, 5.41) is 16.5. The maximum atomic E-state index is 11.9. The molecule has 1 unspecified atom stereocenters. The monoisotopic (exact) mass is 390 g/mol. The number of halogens is 1. The number of aromatic hydroxyl groups is 1. The van der Waals surface area contributed by atoms with Crippen molar-refractivity contribution in [2.24, 2.45) is 0 Å². The van der Waals surface area contributed by atoms with E-state index in [9.17, 15) is 9.90 Å². The van der Waals surface area contributed by atoms with Crippen LogP contribution in [0.15, 0.2) is 46.4 Å². The molecule has 0 saturated heterocycles. The molecule has 0 aliphatic heterocycles. The first-order valence-corrected chi connectivity index (χ1v) is 8.88. The van der Waals surface area contributed by atoms with Gasteiger partial charge in [-0.25, -0.2) is 0 Å². The second-order valence-electron chi connectivity index (χ2n) is 5.07. The summed E-state index contributed by atoms with van der Waals surface area (Å²) in [6.07, 6.45) is 2.03. The number of aromatic nitrogens is 1. The van der Waals surface area contributed by atoms with Crippen LogP contribution in [-0.4, -0.2) is 16.0 Å². The van der Waals surface area contributed by atoms with Crippen LogP contribution < -0.4 is 5.32 Å². The van der Waals surface area contributed by atoms with Crippen molar-refractivity contribution in [3.05, 3.63) is 56.8 Å². The number of amides is 1. The second kappa shape index (κ2) is 6.68. The molecule has 3 rings (SSSR count). The third kappa shape index (κ3) is 3.09. The van der Waals surface area contributed by atoms with E-state index in [1.54, 1.807) is 13.1 Å². The number of benzene rings is 1. The van der Waals surface area contributed by atoms with E-state index < -0.39 is 6.04 Å². The SMILES string of the molecule is CCC(=O)NC(c1cccs1)c1cc(Br)c2cccnc2c1O. The highest BCUT2D eigenvalue weighted by Crippen LogP contribution is 2.39. The molecule has 0 bridgehead atoms. The van der Waals surface area contributed by atoms with Crippen LogP contribution in [0.25, 0.3) is 10.9 Å². The Morgan fingerprint density at radius 1 is 1.43 bits per heavy atom. The Labute approximate surface area is 146 Å². The normalized spacial score (nSPS) is 12.3. The number of fused-ring (bicyclic) bond motifs is 1. The van der Waals surface area contributed by atoms with Crippen LogP contribution in [0, 0.1) is 0 Å². The largest absolute Gasteiger partial charge is 0.505 e. The summed E-state index contributed by atoms with van der Waals surface area (Å²) >= 11 is 5.07. The Bertz CT molecular complexity index is 849. The topological polar surface area (TPSA) is 62.2 Å². The van der Waals surface area contributed by atoms with Gasteiger partial charge in [0.1, 0.15) is 11.3 Å². The Balaban J connectivity index is 2.18. The smallest absolute Gasteiger partial charge is 0.220 e. The van der Waals surface area contributed by atoms with E-state index in [1.807, 2.05) is 35.7 Å². The molecule has 23 heavy (non-hydrogen) atoms. The molecule has 4 nitrogen and oxygen atoms in total. The molecule has 2 aromatic heterocycles. The average molecular weight is 391 g/mol. The van der Waals surface area contributed by atoms with E-state index >= 15 is 0 Å². The molecule has 1 amide bonds. The van der Waals surface area contributed by atoms with Crippen molar-refractivity contribution in [1.82, 2.24) is 10.3 Å². The number of rotatable bonds is 4. The van der Waals surface area contributed by atoms with Gasteiger partial charge in [-0.3, -0.25) is 9.78 Å². The number of hydrogen-bond acceptors (Lipinski definition) is 4. The summed E-state index contributed by atoms with van der Waals surface area (Å²) in [5.41, 5.74) is 1.15. The van der Waals surface area contributed by atoms with Gasteiger partial charge >= 0.3 is 0 Å². The zero-order valence-electron chi connectivity index (χ0n) is 12.4. The van der Waals surface area contributed by atoms with Crippen molar-refractivity contribution < 1.29 is 9.90 Å². The first kappa shape index (κ1) is 16.0. The molecular weight excluding hydrogens is 376 g/mol. The van der Waals surface area contributed by atoms with Gasteiger partial charge in [0.15, 0.2) is 0 Å². The highest BCUT2D eigenvalue weighted by atomic mass is 79.9. The highest BCUT2D eigenvalue weighted by Gasteiger charge is 2.23. The van der Waals surface area contributed by atoms with Gasteiger partial charge in [0.05, 0.1) is 6.04 Å². The summed E-state index contributed by atoms with van der Waals surface area (Å²) in [6.45, 7) is 1.80. The molecule has 0 spiro atoms. The quantitative estimate of drug-likeness (QED) is 0.694. The summed E-state index contributed by atoms with van der Waals surface area (Å²) in [4.78, 5) is 17.2. The number of pyridine rings is 1. The zero-order chi connectivity index (χ0) is 16.4. The number of hydrogen-bond donors (Lipinski definition) is 2. The molecule has 6 heteroatoms. The van der Waals surface area contributed by atoms with E-state index in [2.05, 4.69) is 26.2 Å². The fraction of sp³-hybridized carbons (Fsp3) is 0.176. The lowest BCUT2D eigenvalue weighted by molar-refractivity contribution is -0.121. The summed E-state index contributed by atoms with van der Waals surface area (Å²) < 4.78 is 0.834. The molecule has 0 fully saturated rings. The van der Waals surface area contributed by atoms with E-state index in [1.165, 1.54) is 11.3 Å². The van der Waals surface area contributed by atoms with Gasteiger partial charge < -0.3 is 10.4 Å². The molecule has 2 N–H and O–H groups in total. The lowest BCUT2D eigenvalue weighted by Crippen LogP contribution is -2.28. The maximum Gasteiger partial charge on any atom is 0.220 e. The average Bonchev–Trinajstić information content (AvgIpc) is 3.10. The predicted octanol–water partition coefficient (Wildman–Crippen LogP) is 4.38. The van der Waals surface area contributed by atoms with Crippen molar-refractivity contribution in [3.63, 3.8) is 0 Å². The standard InChI is InChI=1S/C17H15BrN2O2S/c1-2-14(21)20-15(13-6-4-8-23-13)11-9-12(18)10-5-3-7-19-16(10)17(11)22/h3-9,15,22H,2H2,1H3,(H,20,21). The van der Waals surface area contributed by atoms with E-state index in [0.29, 0.717) is 17.5 Å². The Morgan fingerprint density at radius 2 is 2.26 bits per heavy atom. The van der Waals surface area contributed by atoms with Crippen LogP contribution in [0.1, 0.15) is 29.8 Å². The fourth-order valence-corrected chi connectivity index (χ4v) is 3.81. The molecule has 1 atom stereocenters. The number of thiophene rings is 1. The minimum atomic E-state index is -0.398. The van der Waals surface area contributed by atoms with Gasteiger partial charge in [0.2, 0.25) is 5.91 Å². The number of carbonyl (C=O) groups is 1. The molecule has 2 heterocycles. The number of carbonyl (C=O) groups excluding carboxylic acids is 1. The molecule has 0 aliphatic carbocycles. The Kier molecular flexibility index (Phi) is 4.63. The first-order chi connectivity index (χ1) is 11.1. The van der Waals surface area contributed by atoms with Crippen molar-refractivity contribution in [3.8, 4) is 5.75 Å². The third-order valence-corrected chi connectivity index (χ3v) is 5.20. The number of phenolic OH excluding ortho intramolecular Hbond substituents is 1. The summed E-state index contributed by atoms with van der Waals surface area (Å²) in [5.74, 6) is 0.0265. The van der Waals surface area contributed by atoms with Gasteiger partial charge in [-0.05, 0) is 23.6 Å². The Hall–Kier alpha value is -1.92. The number of nitrogens with zero attached hydrogens (tertiary/aromatic N) is 1. The summed E-state index contributed by atoms with van der Waals surface area (Å²) in [7, 11) is 0. The molecule has 1 aromatic carbocycles. The van der Waals surface area contributed by atoms with Gasteiger partial charge in [-0.2, -0.15) is 0 Å². The molecule has 0 radical (unpaired) electrons. The van der Waals surface area contributed by atoms with Crippen LogP contribution in [0.5, 0.6) is 5.75 Å². The van der Waals surface area contributed by atoms with Gasteiger partial charge in [0.25, 0.3) is 0 Å². The van der Waals surface area contributed by atoms with E-state index in [4.69, 9.17) is 0 Å². The number of phenols is 1. The summed E-state index contributed by atoms with van der Waals surface area (Å²) in [6, 6.07) is 9.03. The zero-order valence-corrected chi connectivity index (χ0v) is 14.8. The van der Waals surface area contributed by atoms with Crippen LogP contribution in [0.3, 0.4) is 0 Å². The molecule has 3 aromatic rings.